The lowest BCUT2D eigenvalue weighted by atomic mass is 9.79. The normalized spacial score (nSPS) is 27.8. The van der Waals surface area contributed by atoms with Gasteiger partial charge < -0.3 is 5.11 Å². The molecule has 2 aliphatic rings. The Morgan fingerprint density at radius 3 is 2.65 bits per heavy atom. The summed E-state index contributed by atoms with van der Waals surface area (Å²) in [7, 11) is 0. The van der Waals surface area contributed by atoms with Crippen LogP contribution in [0.5, 0.6) is 0 Å². The van der Waals surface area contributed by atoms with Crippen molar-refractivity contribution < 1.29 is 5.11 Å². The third kappa shape index (κ3) is 3.29. The standard InChI is InChI=1S/C20H29N5O/c1-2-25-19(21-16-22-25)15-23-13-10-20(26,17-8-4-3-5-9-17)18(14-23)24-11-6-7-12-24/h3-5,8-9,16,18,26H,2,6-7,10-15H2,1H3/t18-,20+/m1/s1. The van der Waals surface area contributed by atoms with Crippen LogP contribution in [0.4, 0.5) is 0 Å². The van der Waals surface area contributed by atoms with E-state index in [-0.39, 0.29) is 6.04 Å². The van der Waals surface area contributed by atoms with Gasteiger partial charge in [0.2, 0.25) is 0 Å². The molecule has 2 saturated heterocycles. The number of hydrogen-bond donors (Lipinski definition) is 1. The molecule has 2 atom stereocenters. The number of rotatable bonds is 5. The van der Waals surface area contributed by atoms with Crippen LogP contribution in [0.1, 0.15) is 37.6 Å². The van der Waals surface area contributed by atoms with Crippen LogP contribution >= 0.6 is 0 Å². The van der Waals surface area contributed by atoms with Gasteiger partial charge in [0.25, 0.3) is 0 Å². The summed E-state index contributed by atoms with van der Waals surface area (Å²) in [6.45, 7) is 7.62. The Morgan fingerprint density at radius 1 is 1.15 bits per heavy atom. The molecule has 1 N–H and O–H groups in total. The minimum absolute atomic E-state index is 0.124. The number of nitrogens with zero attached hydrogens (tertiary/aromatic N) is 5. The van der Waals surface area contributed by atoms with Crippen molar-refractivity contribution in [2.45, 2.75) is 50.9 Å². The number of aromatic nitrogens is 3. The summed E-state index contributed by atoms with van der Waals surface area (Å²) in [6.07, 6.45) is 4.84. The zero-order valence-electron chi connectivity index (χ0n) is 15.6. The third-order valence-corrected chi connectivity index (χ3v) is 6.01. The van der Waals surface area contributed by atoms with Crippen LogP contribution in [0.3, 0.4) is 0 Å². The number of benzene rings is 1. The monoisotopic (exact) mass is 355 g/mol. The molecule has 0 amide bonds. The summed E-state index contributed by atoms with van der Waals surface area (Å²) in [5, 5.41) is 16.0. The number of aryl methyl sites for hydroxylation is 1. The first-order chi connectivity index (χ1) is 12.7. The lowest BCUT2D eigenvalue weighted by Gasteiger charge is -2.48. The van der Waals surface area contributed by atoms with E-state index in [9.17, 15) is 5.11 Å². The summed E-state index contributed by atoms with van der Waals surface area (Å²) < 4.78 is 1.96. The first-order valence-electron chi connectivity index (χ1n) is 9.81. The molecule has 26 heavy (non-hydrogen) atoms. The molecule has 0 spiro atoms. The van der Waals surface area contributed by atoms with Crippen LogP contribution in [0, 0.1) is 0 Å². The van der Waals surface area contributed by atoms with Gasteiger partial charge in [0.05, 0.1) is 12.6 Å². The van der Waals surface area contributed by atoms with Crippen molar-refractivity contribution >= 4 is 0 Å². The SMILES string of the molecule is CCn1ncnc1CN1CC[C@](O)(c2ccccc2)[C@H](N2CCCC2)C1. The second kappa shape index (κ2) is 7.47. The minimum atomic E-state index is -0.777. The van der Waals surface area contributed by atoms with Crippen LogP contribution in [0.25, 0.3) is 0 Å². The molecule has 0 bridgehead atoms. The van der Waals surface area contributed by atoms with Crippen LogP contribution in [-0.2, 0) is 18.7 Å². The molecule has 2 aromatic rings. The molecular formula is C20H29N5O. The average Bonchev–Trinajstić information content (AvgIpc) is 3.36. The van der Waals surface area contributed by atoms with Gasteiger partial charge in [0.15, 0.2) is 0 Å². The second-order valence-electron chi connectivity index (χ2n) is 7.53. The van der Waals surface area contributed by atoms with Crippen molar-refractivity contribution in [2.24, 2.45) is 0 Å². The molecule has 2 fully saturated rings. The fourth-order valence-corrected chi connectivity index (χ4v) is 4.53. The third-order valence-electron chi connectivity index (χ3n) is 6.01. The molecule has 2 aliphatic heterocycles. The van der Waals surface area contributed by atoms with Gasteiger partial charge in [-0.3, -0.25) is 9.80 Å². The van der Waals surface area contributed by atoms with Gasteiger partial charge in [-0.2, -0.15) is 5.10 Å². The summed E-state index contributed by atoms with van der Waals surface area (Å²) in [4.78, 5) is 9.35. The average molecular weight is 355 g/mol. The number of hydrogen-bond acceptors (Lipinski definition) is 5. The highest BCUT2D eigenvalue weighted by Crippen LogP contribution is 2.37. The zero-order valence-corrected chi connectivity index (χ0v) is 15.6. The van der Waals surface area contributed by atoms with Crippen molar-refractivity contribution in [1.82, 2.24) is 24.6 Å². The van der Waals surface area contributed by atoms with Crippen molar-refractivity contribution in [3.8, 4) is 0 Å². The fraction of sp³-hybridized carbons (Fsp3) is 0.600. The Kier molecular flexibility index (Phi) is 5.07. The molecule has 1 aromatic heterocycles. The Labute approximate surface area is 155 Å². The Balaban J connectivity index is 1.57. The first-order valence-corrected chi connectivity index (χ1v) is 9.81. The van der Waals surface area contributed by atoms with Gasteiger partial charge in [0, 0.05) is 19.6 Å². The van der Waals surface area contributed by atoms with Gasteiger partial charge in [-0.25, -0.2) is 9.67 Å². The molecule has 6 nitrogen and oxygen atoms in total. The molecule has 0 unspecified atom stereocenters. The van der Waals surface area contributed by atoms with Crippen LogP contribution in [-0.4, -0.2) is 61.9 Å². The van der Waals surface area contributed by atoms with E-state index in [4.69, 9.17) is 0 Å². The predicted octanol–water partition coefficient (Wildman–Crippen LogP) is 1.86. The van der Waals surface area contributed by atoms with Gasteiger partial charge in [-0.05, 0) is 44.8 Å². The largest absolute Gasteiger partial charge is 0.383 e. The molecule has 4 rings (SSSR count). The molecule has 0 saturated carbocycles. The van der Waals surface area contributed by atoms with E-state index in [0.717, 1.165) is 57.1 Å². The Hall–Kier alpha value is -1.76. The topological polar surface area (TPSA) is 57.4 Å². The highest BCUT2D eigenvalue weighted by molar-refractivity contribution is 5.26. The van der Waals surface area contributed by atoms with Crippen LogP contribution in [0.15, 0.2) is 36.7 Å². The maximum Gasteiger partial charge on any atom is 0.140 e. The summed E-state index contributed by atoms with van der Waals surface area (Å²) in [6, 6.07) is 10.4. The number of likely N-dealkylation sites (tertiary alicyclic amines) is 2. The summed E-state index contributed by atoms with van der Waals surface area (Å²) in [5.41, 5.74) is 0.272. The molecule has 0 aliphatic carbocycles. The quantitative estimate of drug-likeness (QED) is 0.887. The fourth-order valence-electron chi connectivity index (χ4n) is 4.53. The molecule has 1 aromatic carbocycles. The van der Waals surface area contributed by atoms with Crippen molar-refractivity contribution in [1.29, 1.82) is 0 Å². The Morgan fingerprint density at radius 2 is 1.92 bits per heavy atom. The molecule has 6 heteroatoms. The first kappa shape index (κ1) is 17.6. The lowest BCUT2D eigenvalue weighted by Crippen LogP contribution is -2.60. The van der Waals surface area contributed by atoms with Gasteiger partial charge in [-0.15, -0.1) is 0 Å². The minimum Gasteiger partial charge on any atom is -0.383 e. The lowest BCUT2D eigenvalue weighted by molar-refractivity contribution is -0.0964. The highest BCUT2D eigenvalue weighted by Gasteiger charge is 2.46. The molecule has 140 valence electrons. The van der Waals surface area contributed by atoms with Gasteiger partial charge >= 0.3 is 0 Å². The number of aliphatic hydroxyl groups is 1. The van der Waals surface area contributed by atoms with E-state index < -0.39 is 5.60 Å². The Bertz CT molecular complexity index is 712. The second-order valence-corrected chi connectivity index (χ2v) is 7.53. The maximum atomic E-state index is 11.7. The van der Waals surface area contributed by atoms with Gasteiger partial charge in [-0.1, -0.05) is 30.3 Å². The molecule has 3 heterocycles. The summed E-state index contributed by atoms with van der Waals surface area (Å²) in [5.74, 6) is 1.01. The van der Waals surface area contributed by atoms with E-state index in [2.05, 4.69) is 38.9 Å². The van der Waals surface area contributed by atoms with Crippen molar-refractivity contribution in [3.63, 3.8) is 0 Å². The van der Waals surface area contributed by atoms with Gasteiger partial charge in [0.1, 0.15) is 17.8 Å². The van der Waals surface area contributed by atoms with E-state index in [0.29, 0.717) is 0 Å². The summed E-state index contributed by atoms with van der Waals surface area (Å²) >= 11 is 0. The van der Waals surface area contributed by atoms with Crippen molar-refractivity contribution in [2.75, 3.05) is 26.2 Å². The molecular weight excluding hydrogens is 326 g/mol. The van der Waals surface area contributed by atoms with Crippen LogP contribution < -0.4 is 0 Å². The van der Waals surface area contributed by atoms with E-state index in [1.54, 1.807) is 6.33 Å². The zero-order chi connectivity index (χ0) is 18.0. The maximum absolute atomic E-state index is 11.7. The van der Waals surface area contributed by atoms with E-state index in [1.165, 1.54) is 12.8 Å². The molecule has 0 radical (unpaired) electrons. The van der Waals surface area contributed by atoms with E-state index >= 15 is 0 Å². The van der Waals surface area contributed by atoms with Crippen LogP contribution in [0.2, 0.25) is 0 Å². The smallest absolute Gasteiger partial charge is 0.140 e. The van der Waals surface area contributed by atoms with Crippen molar-refractivity contribution in [3.05, 3.63) is 48.0 Å². The highest BCUT2D eigenvalue weighted by atomic mass is 16.3. The number of piperidine rings is 1. The predicted molar refractivity (Wildman–Crippen MR) is 101 cm³/mol. The van der Waals surface area contributed by atoms with E-state index in [1.807, 2.05) is 22.9 Å².